The lowest BCUT2D eigenvalue weighted by Crippen LogP contribution is -2.40. The van der Waals surface area contributed by atoms with E-state index in [9.17, 15) is 4.79 Å². The number of anilines is 1. The molecule has 0 radical (unpaired) electrons. The third kappa shape index (κ3) is 3.47. The molecule has 1 heterocycles. The number of pyridine rings is 1. The second kappa shape index (κ2) is 7.94. The zero-order valence-electron chi connectivity index (χ0n) is 18.1. The normalized spacial score (nSPS) is 24.3. The van der Waals surface area contributed by atoms with Gasteiger partial charge in [-0.2, -0.15) is 0 Å². The first-order valence-corrected chi connectivity index (χ1v) is 10.5. The Balaban J connectivity index is 1.76. The molecule has 4 rings (SSSR count). The van der Waals surface area contributed by atoms with E-state index in [1.165, 1.54) is 16.8 Å². The Morgan fingerprint density at radius 3 is 2.77 bits per heavy atom. The number of fused-ring (bicyclic) bond motifs is 4. The van der Waals surface area contributed by atoms with Crippen LogP contribution < -0.4 is 10.5 Å². The highest BCUT2D eigenvalue weighted by molar-refractivity contribution is 5.82. The molecule has 4 nitrogen and oxygen atoms in total. The molecule has 2 aliphatic carbocycles. The number of para-hydroxylation sites is 1. The largest absolute Gasteiger partial charge is 0.377 e. The van der Waals surface area contributed by atoms with Gasteiger partial charge in [-0.3, -0.25) is 9.79 Å². The lowest BCUT2D eigenvalue weighted by atomic mass is 9.63. The van der Waals surface area contributed by atoms with Crippen LogP contribution in [0.1, 0.15) is 37.1 Å². The van der Waals surface area contributed by atoms with Crippen molar-refractivity contribution in [2.24, 2.45) is 10.9 Å². The summed E-state index contributed by atoms with van der Waals surface area (Å²) in [7, 11) is 4.10. The number of benzene rings is 1. The van der Waals surface area contributed by atoms with Crippen LogP contribution in [0.15, 0.2) is 75.6 Å². The topological polar surface area (TPSA) is 48.5 Å². The Morgan fingerprint density at radius 2 is 2.00 bits per heavy atom. The van der Waals surface area contributed by atoms with Crippen molar-refractivity contribution in [1.29, 1.82) is 0 Å². The standard InChI is InChI=1S/C26H29N3O/c1-5-21-20-15-18(2)17-26(21,22-12-13-25(30)28-23(22)16-20)27-14-8-10-19-9-6-7-11-24(19)29(3)4/h5-15,20H,16-17H2,1-4H3,(H,28,30). The van der Waals surface area contributed by atoms with Crippen molar-refractivity contribution in [3.05, 3.63) is 92.9 Å². The molecule has 2 atom stereocenters. The molecule has 0 saturated heterocycles. The van der Waals surface area contributed by atoms with Gasteiger partial charge < -0.3 is 9.88 Å². The van der Waals surface area contributed by atoms with E-state index in [1.807, 2.05) is 24.4 Å². The van der Waals surface area contributed by atoms with Crippen LogP contribution in [0, 0.1) is 5.92 Å². The summed E-state index contributed by atoms with van der Waals surface area (Å²) >= 11 is 0. The molecule has 2 aromatic rings. The molecule has 1 aromatic carbocycles. The Morgan fingerprint density at radius 1 is 1.20 bits per heavy atom. The van der Waals surface area contributed by atoms with E-state index in [-0.39, 0.29) is 11.5 Å². The molecule has 1 aromatic heterocycles. The van der Waals surface area contributed by atoms with E-state index in [2.05, 4.69) is 74.3 Å². The fraction of sp³-hybridized carbons (Fsp3) is 0.308. The first kappa shape index (κ1) is 20.1. The molecule has 4 heteroatoms. The molecule has 0 spiro atoms. The fourth-order valence-corrected chi connectivity index (χ4v) is 5.01. The zero-order chi connectivity index (χ0) is 21.3. The van der Waals surface area contributed by atoms with Crippen molar-refractivity contribution in [1.82, 2.24) is 4.98 Å². The number of nitrogens with one attached hydrogen (secondary N) is 1. The van der Waals surface area contributed by atoms with Gasteiger partial charge in [-0.15, -0.1) is 0 Å². The molecule has 1 N–H and O–H groups in total. The van der Waals surface area contributed by atoms with E-state index in [4.69, 9.17) is 4.99 Å². The number of hydrogen-bond acceptors (Lipinski definition) is 3. The predicted octanol–water partition coefficient (Wildman–Crippen LogP) is 4.89. The summed E-state index contributed by atoms with van der Waals surface area (Å²) in [6, 6.07) is 11.9. The van der Waals surface area contributed by atoms with E-state index < -0.39 is 5.54 Å². The van der Waals surface area contributed by atoms with E-state index >= 15 is 0 Å². The van der Waals surface area contributed by atoms with Crippen molar-refractivity contribution in [2.75, 3.05) is 19.0 Å². The highest BCUT2D eigenvalue weighted by Gasteiger charge is 2.46. The summed E-state index contributed by atoms with van der Waals surface area (Å²) in [5, 5.41) is 0. The Bertz CT molecular complexity index is 1130. The minimum Gasteiger partial charge on any atom is -0.377 e. The van der Waals surface area contributed by atoms with Crippen LogP contribution >= 0.6 is 0 Å². The lowest BCUT2D eigenvalue weighted by Gasteiger charge is -2.45. The highest BCUT2D eigenvalue weighted by atomic mass is 16.1. The van der Waals surface area contributed by atoms with Gasteiger partial charge in [0.1, 0.15) is 5.54 Å². The number of allylic oxidation sites excluding steroid dienone is 3. The van der Waals surface area contributed by atoms with Crippen LogP contribution in [0.4, 0.5) is 5.69 Å². The van der Waals surface area contributed by atoms with Crippen molar-refractivity contribution >= 4 is 18.0 Å². The number of aromatic amines is 1. The number of nitrogens with zero attached hydrogens (tertiary/aromatic N) is 2. The second-order valence-corrected chi connectivity index (χ2v) is 8.41. The van der Waals surface area contributed by atoms with Gasteiger partial charge >= 0.3 is 0 Å². The van der Waals surface area contributed by atoms with Gasteiger partial charge in [0.15, 0.2) is 0 Å². The number of H-pyrrole nitrogens is 1. The number of aliphatic imine (C=N–C) groups is 1. The number of rotatable bonds is 4. The van der Waals surface area contributed by atoms with Crippen molar-refractivity contribution in [2.45, 2.75) is 32.2 Å². The van der Waals surface area contributed by atoms with E-state index in [0.717, 1.165) is 29.7 Å². The Kier molecular flexibility index (Phi) is 5.33. The zero-order valence-corrected chi connectivity index (χ0v) is 18.1. The summed E-state index contributed by atoms with van der Waals surface area (Å²) in [6.45, 7) is 4.28. The van der Waals surface area contributed by atoms with Gasteiger partial charge in [0.05, 0.1) is 0 Å². The van der Waals surface area contributed by atoms with E-state index in [1.54, 1.807) is 6.07 Å². The van der Waals surface area contributed by atoms with Crippen LogP contribution in [0.25, 0.3) is 6.08 Å². The quantitative estimate of drug-likeness (QED) is 0.588. The number of aromatic nitrogens is 1. The monoisotopic (exact) mass is 399 g/mol. The van der Waals surface area contributed by atoms with Crippen molar-refractivity contribution in [3.8, 4) is 0 Å². The van der Waals surface area contributed by atoms with Crippen LogP contribution in [0.5, 0.6) is 0 Å². The third-order valence-electron chi connectivity index (χ3n) is 6.15. The van der Waals surface area contributed by atoms with Crippen LogP contribution in [-0.2, 0) is 12.0 Å². The molecule has 2 aliphatic rings. The predicted molar refractivity (Wildman–Crippen MR) is 126 cm³/mol. The van der Waals surface area contributed by atoms with E-state index in [0.29, 0.717) is 0 Å². The first-order chi connectivity index (χ1) is 14.4. The Labute approximate surface area is 178 Å². The maximum Gasteiger partial charge on any atom is 0.248 e. The van der Waals surface area contributed by atoms with Gasteiger partial charge in [-0.25, -0.2) is 0 Å². The summed E-state index contributed by atoms with van der Waals surface area (Å²) in [4.78, 5) is 22.3. The summed E-state index contributed by atoms with van der Waals surface area (Å²) in [5.41, 5.74) is 6.65. The van der Waals surface area contributed by atoms with Crippen molar-refractivity contribution in [3.63, 3.8) is 0 Å². The summed E-state index contributed by atoms with van der Waals surface area (Å²) < 4.78 is 0. The molecule has 2 unspecified atom stereocenters. The van der Waals surface area contributed by atoms with Crippen LogP contribution in [0.2, 0.25) is 0 Å². The first-order valence-electron chi connectivity index (χ1n) is 10.5. The minimum absolute atomic E-state index is 0.0456. The van der Waals surface area contributed by atoms with Gasteiger partial charge in [-0.1, -0.05) is 42.0 Å². The van der Waals surface area contributed by atoms with Gasteiger partial charge in [0.25, 0.3) is 0 Å². The average molecular weight is 400 g/mol. The summed E-state index contributed by atoms with van der Waals surface area (Å²) in [5.74, 6) is 0.282. The summed E-state index contributed by atoms with van der Waals surface area (Å²) in [6.07, 6.45) is 12.3. The smallest absolute Gasteiger partial charge is 0.248 e. The molecule has 0 fully saturated rings. The molecular weight excluding hydrogens is 370 g/mol. The fourth-order valence-electron chi connectivity index (χ4n) is 5.01. The molecule has 0 amide bonds. The maximum absolute atomic E-state index is 11.9. The highest BCUT2D eigenvalue weighted by Crippen LogP contribution is 2.51. The second-order valence-electron chi connectivity index (χ2n) is 8.41. The van der Waals surface area contributed by atoms with Gasteiger partial charge in [0, 0.05) is 55.7 Å². The molecule has 0 aliphatic heterocycles. The molecule has 0 saturated carbocycles. The number of hydrogen-bond donors (Lipinski definition) is 1. The maximum atomic E-state index is 11.9. The molecule has 30 heavy (non-hydrogen) atoms. The molecule has 2 bridgehead atoms. The van der Waals surface area contributed by atoms with Gasteiger partial charge in [-0.05, 0) is 49.6 Å². The van der Waals surface area contributed by atoms with Gasteiger partial charge in [0.2, 0.25) is 5.56 Å². The average Bonchev–Trinajstić information content (AvgIpc) is 2.70. The third-order valence-corrected chi connectivity index (χ3v) is 6.15. The van der Waals surface area contributed by atoms with Crippen LogP contribution in [-0.4, -0.2) is 25.3 Å². The SMILES string of the molecule is CC=C1C2C=C(C)CC1(N=CC=Cc1ccccc1N(C)C)c1ccc(=O)[nH]c1C2. The Hall–Kier alpha value is -3.14. The molecular formula is C26H29N3O. The van der Waals surface area contributed by atoms with Crippen molar-refractivity contribution < 1.29 is 0 Å². The lowest BCUT2D eigenvalue weighted by molar-refractivity contribution is 0.413. The minimum atomic E-state index is -0.443. The molecule has 154 valence electrons. The van der Waals surface area contributed by atoms with Crippen LogP contribution in [0.3, 0.4) is 0 Å².